The first kappa shape index (κ1) is 23.8. The Morgan fingerprint density at radius 2 is 1.56 bits per heavy atom. The van der Waals surface area contributed by atoms with E-state index in [1.165, 1.54) is 11.1 Å². The van der Waals surface area contributed by atoms with Gasteiger partial charge in [-0.05, 0) is 36.4 Å². The molecule has 7 heteroatoms. The number of benzene rings is 4. The first-order chi connectivity index (χ1) is 17.5. The molecule has 0 saturated carbocycles. The summed E-state index contributed by atoms with van der Waals surface area (Å²) in [5.74, 6) is -0.406. The zero-order chi connectivity index (χ0) is 25.1. The maximum Gasteiger partial charge on any atom is 0.281 e. The molecule has 0 spiro atoms. The number of halogens is 3. The molecule has 36 heavy (non-hydrogen) atoms. The van der Waals surface area contributed by atoms with Crippen molar-refractivity contribution in [2.45, 2.75) is 6.61 Å². The molecule has 0 unspecified atom stereocenters. The maximum absolute atomic E-state index is 14.2. The number of ether oxygens (including phenoxy) is 1. The third-order valence-electron chi connectivity index (χ3n) is 5.59. The minimum absolute atomic E-state index is 0.0477. The predicted molar refractivity (Wildman–Crippen MR) is 142 cm³/mol. The quantitative estimate of drug-likeness (QED) is 0.248. The zero-order valence-electron chi connectivity index (χ0n) is 18.9. The van der Waals surface area contributed by atoms with Gasteiger partial charge < -0.3 is 4.74 Å². The van der Waals surface area contributed by atoms with Crippen LogP contribution in [0.3, 0.4) is 0 Å². The lowest BCUT2D eigenvalue weighted by atomic mass is 10.00. The summed E-state index contributed by atoms with van der Waals surface area (Å²) in [7, 11) is 0. The second-order valence-electron chi connectivity index (χ2n) is 8.01. The summed E-state index contributed by atoms with van der Waals surface area (Å²) in [5.41, 5.74) is 3.11. The van der Waals surface area contributed by atoms with Crippen molar-refractivity contribution in [3.63, 3.8) is 0 Å². The van der Waals surface area contributed by atoms with Crippen molar-refractivity contribution < 1.29 is 13.9 Å². The van der Waals surface area contributed by atoms with Gasteiger partial charge in [0.2, 0.25) is 0 Å². The van der Waals surface area contributed by atoms with Gasteiger partial charge in [-0.2, -0.15) is 10.1 Å². The van der Waals surface area contributed by atoms with E-state index in [1.807, 2.05) is 60.7 Å². The standard InChI is InChI=1S/C29H19Cl2FN2O2/c30-22-15-21(28(25(31)17-22)36-18-20-11-7-8-14-26(20)32)16-24-27(19-9-3-1-4-10-19)33-34(29(24)35)23-12-5-2-6-13-23/h1-17H,18H2/b24-16-. The lowest BCUT2D eigenvalue weighted by Crippen LogP contribution is -2.21. The van der Waals surface area contributed by atoms with E-state index in [4.69, 9.17) is 27.9 Å². The molecule has 178 valence electrons. The van der Waals surface area contributed by atoms with Crippen LogP contribution in [0.4, 0.5) is 10.1 Å². The second-order valence-corrected chi connectivity index (χ2v) is 8.85. The lowest BCUT2D eigenvalue weighted by molar-refractivity contribution is -0.114. The summed E-state index contributed by atoms with van der Waals surface area (Å²) in [5, 5.41) is 6.62. The van der Waals surface area contributed by atoms with Crippen LogP contribution in [0.1, 0.15) is 16.7 Å². The van der Waals surface area contributed by atoms with Crippen LogP contribution >= 0.6 is 23.2 Å². The zero-order valence-corrected chi connectivity index (χ0v) is 20.4. The van der Waals surface area contributed by atoms with Crippen molar-refractivity contribution in [3.05, 3.63) is 135 Å². The highest BCUT2D eigenvalue weighted by molar-refractivity contribution is 6.38. The van der Waals surface area contributed by atoms with Gasteiger partial charge in [-0.25, -0.2) is 4.39 Å². The number of amides is 1. The van der Waals surface area contributed by atoms with Crippen molar-refractivity contribution in [1.82, 2.24) is 0 Å². The van der Waals surface area contributed by atoms with Crippen LogP contribution in [0.15, 0.2) is 108 Å². The van der Waals surface area contributed by atoms with E-state index in [1.54, 1.807) is 36.4 Å². The fourth-order valence-corrected chi connectivity index (χ4v) is 4.42. The Labute approximate surface area is 217 Å². The third kappa shape index (κ3) is 4.89. The average Bonchev–Trinajstić information content (AvgIpc) is 3.21. The molecule has 0 N–H and O–H groups in total. The summed E-state index contributed by atoms with van der Waals surface area (Å²) in [6.07, 6.45) is 1.66. The highest BCUT2D eigenvalue weighted by Crippen LogP contribution is 2.36. The van der Waals surface area contributed by atoms with Gasteiger partial charge in [-0.1, -0.05) is 89.9 Å². The minimum Gasteiger partial charge on any atom is -0.487 e. The molecule has 0 atom stereocenters. The van der Waals surface area contributed by atoms with E-state index in [2.05, 4.69) is 5.10 Å². The van der Waals surface area contributed by atoms with E-state index in [0.29, 0.717) is 33.1 Å². The van der Waals surface area contributed by atoms with Crippen molar-refractivity contribution >= 4 is 46.6 Å². The highest BCUT2D eigenvalue weighted by atomic mass is 35.5. The van der Waals surface area contributed by atoms with Gasteiger partial charge in [0.25, 0.3) is 5.91 Å². The topological polar surface area (TPSA) is 41.9 Å². The molecule has 1 aliphatic heterocycles. The van der Waals surface area contributed by atoms with E-state index < -0.39 is 0 Å². The Bertz CT molecular complexity index is 1490. The van der Waals surface area contributed by atoms with E-state index in [-0.39, 0.29) is 29.1 Å². The van der Waals surface area contributed by atoms with Crippen molar-refractivity contribution in [3.8, 4) is 5.75 Å². The van der Waals surface area contributed by atoms with Crippen LogP contribution in [0.25, 0.3) is 6.08 Å². The largest absolute Gasteiger partial charge is 0.487 e. The smallest absolute Gasteiger partial charge is 0.281 e. The van der Waals surface area contributed by atoms with Gasteiger partial charge in [-0.3, -0.25) is 4.79 Å². The number of hydrogen-bond donors (Lipinski definition) is 0. The first-order valence-corrected chi connectivity index (χ1v) is 11.9. The molecule has 0 radical (unpaired) electrons. The van der Waals surface area contributed by atoms with Gasteiger partial charge in [0.05, 0.1) is 16.3 Å². The predicted octanol–water partition coefficient (Wildman–Crippen LogP) is 7.55. The number of carbonyl (C=O) groups excluding carboxylic acids is 1. The number of carbonyl (C=O) groups is 1. The van der Waals surface area contributed by atoms with Gasteiger partial charge in [0.15, 0.2) is 0 Å². The SMILES string of the molecule is O=C1/C(=C\c2cc(Cl)cc(Cl)c2OCc2ccccc2F)C(c2ccccc2)=NN1c1ccccc1. The van der Waals surface area contributed by atoms with Crippen molar-refractivity contribution in [2.24, 2.45) is 5.10 Å². The Morgan fingerprint density at radius 3 is 2.28 bits per heavy atom. The number of hydrazone groups is 1. The fourth-order valence-electron chi connectivity index (χ4n) is 3.86. The first-order valence-electron chi connectivity index (χ1n) is 11.1. The molecule has 0 bridgehead atoms. The number of hydrogen-bond acceptors (Lipinski definition) is 3. The van der Waals surface area contributed by atoms with Crippen LogP contribution in [-0.2, 0) is 11.4 Å². The van der Waals surface area contributed by atoms with Gasteiger partial charge in [0, 0.05) is 21.7 Å². The second kappa shape index (κ2) is 10.4. The Balaban J connectivity index is 1.59. The Kier molecular flexibility index (Phi) is 6.85. The number of anilines is 1. The lowest BCUT2D eigenvalue weighted by Gasteiger charge is -2.14. The third-order valence-corrected chi connectivity index (χ3v) is 6.09. The van der Waals surface area contributed by atoms with Crippen LogP contribution in [-0.4, -0.2) is 11.6 Å². The molecule has 1 amide bonds. The van der Waals surface area contributed by atoms with Gasteiger partial charge in [0.1, 0.15) is 23.9 Å². The molecule has 4 aromatic rings. The van der Waals surface area contributed by atoms with Crippen LogP contribution < -0.4 is 9.75 Å². The maximum atomic E-state index is 14.2. The summed E-state index contributed by atoms with van der Waals surface area (Å²) >= 11 is 12.8. The molecule has 0 saturated heterocycles. The number of nitrogens with zero attached hydrogens (tertiary/aromatic N) is 2. The number of rotatable bonds is 6. The van der Waals surface area contributed by atoms with E-state index >= 15 is 0 Å². The fraction of sp³-hybridized carbons (Fsp3) is 0.0345. The molecular weight excluding hydrogens is 498 g/mol. The van der Waals surface area contributed by atoms with Crippen LogP contribution in [0.2, 0.25) is 10.0 Å². The van der Waals surface area contributed by atoms with Gasteiger partial charge >= 0.3 is 0 Å². The Morgan fingerprint density at radius 1 is 0.889 bits per heavy atom. The van der Waals surface area contributed by atoms with E-state index in [9.17, 15) is 9.18 Å². The Hall–Kier alpha value is -3.93. The minimum atomic E-state index is -0.384. The highest BCUT2D eigenvalue weighted by Gasteiger charge is 2.32. The molecule has 0 aromatic heterocycles. The summed E-state index contributed by atoms with van der Waals surface area (Å²) in [6.45, 7) is -0.0477. The summed E-state index contributed by atoms with van der Waals surface area (Å²) in [6, 6.07) is 28.1. The molecule has 4 aromatic carbocycles. The summed E-state index contributed by atoms with van der Waals surface area (Å²) < 4.78 is 20.1. The molecule has 0 fully saturated rings. The molecule has 1 heterocycles. The van der Waals surface area contributed by atoms with Crippen LogP contribution in [0, 0.1) is 5.82 Å². The summed E-state index contributed by atoms with van der Waals surface area (Å²) in [4.78, 5) is 13.6. The molecular formula is C29H19Cl2FN2O2. The van der Waals surface area contributed by atoms with Gasteiger partial charge in [-0.15, -0.1) is 0 Å². The molecule has 0 aliphatic carbocycles. The van der Waals surface area contributed by atoms with Crippen LogP contribution in [0.5, 0.6) is 5.75 Å². The molecule has 5 rings (SSSR count). The van der Waals surface area contributed by atoms with Crippen molar-refractivity contribution in [1.29, 1.82) is 0 Å². The average molecular weight is 517 g/mol. The monoisotopic (exact) mass is 516 g/mol. The van der Waals surface area contributed by atoms with E-state index in [0.717, 1.165) is 5.56 Å². The van der Waals surface area contributed by atoms with Crippen molar-refractivity contribution in [2.75, 3.05) is 5.01 Å². The number of para-hydroxylation sites is 1. The normalized spacial score (nSPS) is 14.3. The molecule has 1 aliphatic rings. The molecule has 4 nitrogen and oxygen atoms in total.